The second-order valence-corrected chi connectivity index (χ2v) is 4.91. The number of hydrogen-bond acceptors (Lipinski definition) is 4. The zero-order valence-electron chi connectivity index (χ0n) is 10.1. The molecule has 0 saturated carbocycles. The molecule has 0 aromatic heterocycles. The predicted octanol–water partition coefficient (Wildman–Crippen LogP) is 1.68. The van der Waals surface area contributed by atoms with Crippen LogP contribution in [0.2, 0.25) is 0 Å². The van der Waals surface area contributed by atoms with Crippen LogP contribution in [0, 0.1) is 0 Å². The Kier molecular flexibility index (Phi) is 2.58. The monoisotopic (exact) mass is 216 g/mol. The summed E-state index contributed by atoms with van der Waals surface area (Å²) < 4.78 is 22.8. The van der Waals surface area contributed by atoms with Crippen LogP contribution in [0.3, 0.4) is 0 Å². The minimum Gasteiger partial charge on any atom is -0.353 e. The highest BCUT2D eigenvalue weighted by molar-refractivity contribution is 5.02. The summed E-state index contributed by atoms with van der Waals surface area (Å²) in [5, 5.41) is 0. The first-order chi connectivity index (χ1) is 6.92. The van der Waals surface area contributed by atoms with Crippen molar-refractivity contribution in [3.63, 3.8) is 0 Å². The minimum absolute atomic E-state index is 0.0394. The number of ether oxygens (including phenoxy) is 4. The molecule has 88 valence electrons. The van der Waals surface area contributed by atoms with Crippen molar-refractivity contribution in [1.82, 2.24) is 0 Å². The molecule has 4 heteroatoms. The van der Waals surface area contributed by atoms with E-state index in [0.717, 1.165) is 6.42 Å². The van der Waals surface area contributed by atoms with Crippen molar-refractivity contribution >= 4 is 0 Å². The minimum atomic E-state index is -0.535. The molecule has 2 heterocycles. The van der Waals surface area contributed by atoms with Gasteiger partial charge in [0.2, 0.25) is 0 Å². The molecule has 2 saturated heterocycles. The number of fused-ring (bicyclic) bond motifs is 1. The molecule has 4 atom stereocenters. The van der Waals surface area contributed by atoms with Crippen LogP contribution in [0.4, 0.5) is 0 Å². The molecule has 0 amide bonds. The van der Waals surface area contributed by atoms with E-state index < -0.39 is 5.79 Å². The van der Waals surface area contributed by atoms with Crippen LogP contribution in [0.15, 0.2) is 0 Å². The first kappa shape index (κ1) is 11.3. The third kappa shape index (κ3) is 1.69. The molecule has 0 bridgehead atoms. The Balaban J connectivity index is 2.23. The van der Waals surface area contributed by atoms with E-state index in [0.29, 0.717) is 0 Å². The maximum atomic E-state index is 5.88. The molecule has 0 aromatic carbocycles. The van der Waals surface area contributed by atoms with Gasteiger partial charge in [-0.25, -0.2) is 0 Å². The van der Waals surface area contributed by atoms with Gasteiger partial charge in [0.05, 0.1) is 5.60 Å². The zero-order chi connectivity index (χ0) is 11.3. The fourth-order valence-corrected chi connectivity index (χ4v) is 2.33. The van der Waals surface area contributed by atoms with Crippen LogP contribution >= 0.6 is 0 Å². The Morgan fingerprint density at radius 3 is 2.33 bits per heavy atom. The highest BCUT2D eigenvalue weighted by Crippen LogP contribution is 2.45. The molecule has 0 spiro atoms. The number of hydrogen-bond donors (Lipinski definition) is 0. The van der Waals surface area contributed by atoms with Crippen LogP contribution in [0.5, 0.6) is 0 Å². The van der Waals surface area contributed by atoms with Gasteiger partial charge in [-0.05, 0) is 27.2 Å². The van der Waals surface area contributed by atoms with Gasteiger partial charge in [-0.2, -0.15) is 0 Å². The van der Waals surface area contributed by atoms with Crippen LogP contribution in [-0.2, 0) is 18.9 Å². The first-order valence-corrected chi connectivity index (χ1v) is 5.48. The zero-order valence-corrected chi connectivity index (χ0v) is 10.1. The van der Waals surface area contributed by atoms with Crippen molar-refractivity contribution in [3.05, 3.63) is 0 Å². The van der Waals surface area contributed by atoms with E-state index in [2.05, 4.69) is 13.8 Å². The standard InChI is InChI=1S/C11H20O4/c1-6-11(4)8-7(9(12-5)15-11)13-10(2,3)14-8/h7-9H,6H2,1-5H3. The van der Waals surface area contributed by atoms with Crippen molar-refractivity contribution in [2.75, 3.05) is 7.11 Å². The summed E-state index contributed by atoms with van der Waals surface area (Å²) in [6.45, 7) is 7.99. The quantitative estimate of drug-likeness (QED) is 0.703. The maximum Gasteiger partial charge on any atom is 0.186 e. The van der Waals surface area contributed by atoms with Crippen LogP contribution in [0.25, 0.3) is 0 Å². The van der Waals surface area contributed by atoms with Gasteiger partial charge < -0.3 is 18.9 Å². The summed E-state index contributed by atoms with van der Waals surface area (Å²) in [6, 6.07) is 0. The van der Waals surface area contributed by atoms with Gasteiger partial charge in [0.25, 0.3) is 0 Å². The van der Waals surface area contributed by atoms with E-state index in [1.165, 1.54) is 0 Å². The van der Waals surface area contributed by atoms with E-state index in [-0.39, 0.29) is 24.1 Å². The smallest absolute Gasteiger partial charge is 0.186 e. The Bertz CT molecular complexity index is 253. The SMILES string of the molecule is CCC1(C)OC(OC)C2OC(C)(C)OC21. The summed E-state index contributed by atoms with van der Waals surface area (Å²) in [5.41, 5.74) is -0.306. The molecular weight excluding hydrogens is 196 g/mol. The lowest BCUT2D eigenvalue weighted by Gasteiger charge is -2.30. The lowest BCUT2D eigenvalue weighted by molar-refractivity contribution is -0.247. The van der Waals surface area contributed by atoms with Crippen molar-refractivity contribution < 1.29 is 18.9 Å². The Labute approximate surface area is 90.8 Å². The highest BCUT2D eigenvalue weighted by atomic mass is 16.8. The van der Waals surface area contributed by atoms with E-state index in [1.807, 2.05) is 13.8 Å². The molecule has 0 aliphatic carbocycles. The van der Waals surface area contributed by atoms with E-state index in [1.54, 1.807) is 7.11 Å². The largest absolute Gasteiger partial charge is 0.353 e. The van der Waals surface area contributed by atoms with Crippen molar-refractivity contribution in [2.24, 2.45) is 0 Å². The molecule has 0 N–H and O–H groups in total. The van der Waals surface area contributed by atoms with E-state index >= 15 is 0 Å². The molecule has 0 aromatic rings. The van der Waals surface area contributed by atoms with Gasteiger partial charge in [-0.15, -0.1) is 0 Å². The highest BCUT2D eigenvalue weighted by Gasteiger charge is 2.60. The second kappa shape index (κ2) is 3.42. The van der Waals surface area contributed by atoms with Gasteiger partial charge in [0.15, 0.2) is 12.1 Å². The summed E-state index contributed by atoms with van der Waals surface area (Å²) >= 11 is 0. The molecule has 15 heavy (non-hydrogen) atoms. The molecule has 4 unspecified atom stereocenters. The molecular formula is C11H20O4. The first-order valence-electron chi connectivity index (χ1n) is 5.48. The third-order valence-electron chi connectivity index (χ3n) is 3.32. The molecule has 2 aliphatic heterocycles. The third-order valence-corrected chi connectivity index (χ3v) is 3.32. The molecule has 2 rings (SSSR count). The number of methoxy groups -OCH3 is 1. The van der Waals surface area contributed by atoms with Crippen molar-refractivity contribution in [2.45, 2.75) is 64.0 Å². The van der Waals surface area contributed by atoms with Gasteiger partial charge in [0.1, 0.15) is 12.2 Å². The average Bonchev–Trinajstić information content (AvgIpc) is 2.61. The second-order valence-electron chi connectivity index (χ2n) is 4.91. The lowest BCUT2D eigenvalue weighted by Crippen LogP contribution is -2.39. The normalized spacial score (nSPS) is 48.2. The van der Waals surface area contributed by atoms with E-state index in [9.17, 15) is 0 Å². The predicted molar refractivity (Wildman–Crippen MR) is 54.4 cm³/mol. The fraction of sp³-hybridized carbons (Fsp3) is 1.00. The maximum absolute atomic E-state index is 5.88. The van der Waals surface area contributed by atoms with Gasteiger partial charge in [0, 0.05) is 7.11 Å². The summed E-state index contributed by atoms with van der Waals surface area (Å²) in [5.74, 6) is -0.535. The molecule has 2 aliphatic rings. The van der Waals surface area contributed by atoms with Crippen LogP contribution in [0.1, 0.15) is 34.1 Å². The topological polar surface area (TPSA) is 36.9 Å². The van der Waals surface area contributed by atoms with E-state index in [4.69, 9.17) is 18.9 Å². The molecule has 4 nitrogen and oxygen atoms in total. The Morgan fingerprint density at radius 1 is 1.13 bits per heavy atom. The Hall–Kier alpha value is -0.160. The molecule has 0 radical (unpaired) electrons. The summed E-state index contributed by atoms with van der Waals surface area (Å²) in [6.07, 6.45) is 0.409. The van der Waals surface area contributed by atoms with Gasteiger partial charge in [-0.3, -0.25) is 0 Å². The molecule has 2 fully saturated rings. The van der Waals surface area contributed by atoms with Crippen molar-refractivity contribution in [1.29, 1.82) is 0 Å². The van der Waals surface area contributed by atoms with Crippen molar-refractivity contribution in [3.8, 4) is 0 Å². The summed E-state index contributed by atoms with van der Waals surface area (Å²) in [7, 11) is 1.64. The van der Waals surface area contributed by atoms with Crippen LogP contribution < -0.4 is 0 Å². The van der Waals surface area contributed by atoms with Gasteiger partial charge in [-0.1, -0.05) is 6.92 Å². The number of rotatable bonds is 2. The fourth-order valence-electron chi connectivity index (χ4n) is 2.33. The summed E-state index contributed by atoms with van der Waals surface area (Å²) in [4.78, 5) is 0. The average molecular weight is 216 g/mol. The lowest BCUT2D eigenvalue weighted by atomic mass is 9.95. The Morgan fingerprint density at radius 2 is 1.80 bits per heavy atom. The van der Waals surface area contributed by atoms with Gasteiger partial charge >= 0.3 is 0 Å². The van der Waals surface area contributed by atoms with Crippen LogP contribution in [-0.4, -0.2) is 37.0 Å².